The lowest BCUT2D eigenvalue weighted by molar-refractivity contribution is -0.153. The third-order valence-corrected chi connectivity index (χ3v) is 4.65. The molecule has 0 saturated heterocycles. The molecule has 18 heavy (non-hydrogen) atoms. The van der Waals surface area contributed by atoms with Crippen molar-refractivity contribution in [3.8, 4) is 0 Å². The fourth-order valence-corrected chi connectivity index (χ4v) is 3.87. The molecule has 4 aliphatic rings. The Morgan fingerprint density at radius 1 is 1.17 bits per heavy atom. The summed E-state index contributed by atoms with van der Waals surface area (Å²) in [4.78, 5) is 23.5. The summed E-state index contributed by atoms with van der Waals surface area (Å²) in [5.41, 5.74) is 0. The van der Waals surface area contributed by atoms with Gasteiger partial charge >= 0.3 is 5.97 Å². The SMILES string of the molecule is O=C(O)[C@@H]1[C@H]2C=C[C@@H]([C@@H]3C[C@@H]23)[C@@H]1C(=O)NCCO. The van der Waals surface area contributed by atoms with E-state index in [0.717, 1.165) is 6.42 Å². The van der Waals surface area contributed by atoms with E-state index in [4.69, 9.17) is 5.11 Å². The molecular weight excluding hydrogens is 234 g/mol. The maximum absolute atomic E-state index is 12.1. The lowest BCUT2D eigenvalue weighted by Crippen LogP contribution is -2.50. The number of carboxylic acid groups (broad SMARTS) is 1. The molecule has 2 saturated carbocycles. The highest BCUT2D eigenvalue weighted by Gasteiger charge is 2.62. The molecule has 0 aliphatic heterocycles. The van der Waals surface area contributed by atoms with Crippen molar-refractivity contribution < 1.29 is 19.8 Å². The van der Waals surface area contributed by atoms with E-state index in [-0.39, 0.29) is 30.9 Å². The normalized spacial score (nSPS) is 43.4. The Bertz CT molecular complexity index is 419. The topological polar surface area (TPSA) is 86.6 Å². The van der Waals surface area contributed by atoms with E-state index in [1.807, 2.05) is 12.2 Å². The molecule has 2 fully saturated rings. The van der Waals surface area contributed by atoms with E-state index in [9.17, 15) is 14.7 Å². The van der Waals surface area contributed by atoms with Gasteiger partial charge in [0, 0.05) is 6.54 Å². The summed E-state index contributed by atoms with van der Waals surface area (Å²) >= 11 is 0. The molecule has 4 rings (SSSR count). The lowest BCUT2D eigenvalue weighted by Gasteiger charge is -2.41. The molecule has 0 aromatic rings. The van der Waals surface area contributed by atoms with Crippen LogP contribution in [0.25, 0.3) is 0 Å². The first-order valence-electron chi connectivity index (χ1n) is 6.45. The van der Waals surface area contributed by atoms with Crippen molar-refractivity contribution in [2.24, 2.45) is 35.5 Å². The number of fused-ring (bicyclic) bond motifs is 1. The van der Waals surface area contributed by atoms with Gasteiger partial charge in [-0.1, -0.05) is 12.2 Å². The third kappa shape index (κ3) is 1.57. The van der Waals surface area contributed by atoms with Crippen molar-refractivity contribution in [3.05, 3.63) is 12.2 Å². The molecule has 0 radical (unpaired) electrons. The van der Waals surface area contributed by atoms with E-state index >= 15 is 0 Å². The fraction of sp³-hybridized carbons (Fsp3) is 0.692. The summed E-state index contributed by atoms with van der Waals surface area (Å²) in [6.45, 7) is 0.0725. The summed E-state index contributed by atoms with van der Waals surface area (Å²) < 4.78 is 0. The number of nitrogens with one attached hydrogen (secondary N) is 1. The average Bonchev–Trinajstić information content (AvgIpc) is 3.16. The van der Waals surface area contributed by atoms with Crippen molar-refractivity contribution in [2.75, 3.05) is 13.2 Å². The second-order valence-electron chi connectivity index (χ2n) is 5.51. The highest BCUT2D eigenvalue weighted by molar-refractivity contribution is 5.86. The third-order valence-electron chi connectivity index (χ3n) is 4.65. The van der Waals surface area contributed by atoms with Crippen LogP contribution >= 0.6 is 0 Å². The fourth-order valence-electron chi connectivity index (χ4n) is 3.87. The summed E-state index contributed by atoms with van der Waals surface area (Å²) in [7, 11) is 0. The van der Waals surface area contributed by atoms with Gasteiger partial charge in [-0.2, -0.15) is 0 Å². The molecule has 1 amide bonds. The smallest absolute Gasteiger partial charge is 0.307 e. The first kappa shape index (κ1) is 11.7. The van der Waals surface area contributed by atoms with Crippen molar-refractivity contribution >= 4 is 11.9 Å². The van der Waals surface area contributed by atoms with Crippen molar-refractivity contribution in [1.82, 2.24) is 5.32 Å². The second kappa shape index (κ2) is 4.09. The highest BCUT2D eigenvalue weighted by Crippen LogP contribution is 2.63. The number of aliphatic hydroxyl groups is 1. The van der Waals surface area contributed by atoms with Crippen LogP contribution in [0.3, 0.4) is 0 Å². The van der Waals surface area contributed by atoms with E-state index in [1.54, 1.807) is 0 Å². The van der Waals surface area contributed by atoms with Gasteiger partial charge in [-0.3, -0.25) is 9.59 Å². The van der Waals surface area contributed by atoms with Crippen LogP contribution in [0.5, 0.6) is 0 Å². The number of carbonyl (C=O) groups is 2. The number of carboxylic acids is 1. The van der Waals surface area contributed by atoms with Gasteiger partial charge in [0.25, 0.3) is 0 Å². The van der Waals surface area contributed by atoms with Gasteiger partial charge in [0.15, 0.2) is 0 Å². The average molecular weight is 251 g/mol. The number of aliphatic carboxylic acids is 1. The minimum absolute atomic E-state index is 0.0161. The van der Waals surface area contributed by atoms with Crippen LogP contribution in [0.2, 0.25) is 0 Å². The Balaban J connectivity index is 1.84. The molecular formula is C13H17NO4. The maximum atomic E-state index is 12.1. The predicted octanol–water partition coefficient (Wildman–Crippen LogP) is -0.136. The Labute approximate surface area is 105 Å². The molecule has 3 N–H and O–H groups in total. The summed E-state index contributed by atoms with van der Waals surface area (Å²) in [5.74, 6) is -1.09. The standard InChI is InChI=1S/C13H17NO4/c15-4-3-14-12(16)10-6-1-2-7(9-5-8(6)9)11(10)13(17)18/h1-2,6-11,15H,3-5H2,(H,14,16)(H,17,18)/t6-,7-,8-,9-,10-,11+/m0/s1. The number of hydrogen-bond donors (Lipinski definition) is 3. The molecule has 0 unspecified atom stereocenters. The number of rotatable bonds is 4. The van der Waals surface area contributed by atoms with Gasteiger partial charge in [0.2, 0.25) is 5.91 Å². The van der Waals surface area contributed by atoms with Crippen LogP contribution in [0, 0.1) is 35.5 Å². The number of allylic oxidation sites excluding steroid dienone is 2. The first-order valence-corrected chi connectivity index (χ1v) is 6.45. The molecule has 0 heterocycles. The van der Waals surface area contributed by atoms with Gasteiger partial charge in [-0.05, 0) is 30.1 Å². The van der Waals surface area contributed by atoms with Gasteiger partial charge in [0.05, 0.1) is 18.4 Å². The molecule has 6 atom stereocenters. The van der Waals surface area contributed by atoms with Crippen LogP contribution in [0.15, 0.2) is 12.2 Å². The van der Waals surface area contributed by atoms with Gasteiger partial charge in [0.1, 0.15) is 0 Å². The van der Waals surface area contributed by atoms with Crippen LogP contribution in [0.1, 0.15) is 6.42 Å². The van der Waals surface area contributed by atoms with E-state index in [2.05, 4.69) is 5.32 Å². The van der Waals surface area contributed by atoms with Crippen LogP contribution < -0.4 is 5.32 Å². The zero-order chi connectivity index (χ0) is 12.9. The number of aliphatic hydroxyl groups excluding tert-OH is 1. The Morgan fingerprint density at radius 3 is 2.33 bits per heavy atom. The molecule has 2 bridgehead atoms. The Morgan fingerprint density at radius 2 is 1.78 bits per heavy atom. The highest BCUT2D eigenvalue weighted by atomic mass is 16.4. The van der Waals surface area contributed by atoms with Gasteiger partial charge < -0.3 is 15.5 Å². The van der Waals surface area contributed by atoms with Crippen LogP contribution in [-0.2, 0) is 9.59 Å². The second-order valence-corrected chi connectivity index (χ2v) is 5.51. The summed E-state index contributed by atoms with van der Waals surface area (Å²) in [6, 6.07) is 0. The molecule has 98 valence electrons. The number of hydrogen-bond acceptors (Lipinski definition) is 3. The molecule has 0 spiro atoms. The maximum Gasteiger partial charge on any atom is 0.307 e. The lowest BCUT2D eigenvalue weighted by atomic mass is 9.62. The molecule has 4 aliphatic carbocycles. The zero-order valence-electron chi connectivity index (χ0n) is 9.95. The van der Waals surface area contributed by atoms with Crippen molar-refractivity contribution in [2.45, 2.75) is 6.42 Å². The quantitative estimate of drug-likeness (QED) is 0.607. The number of carbonyl (C=O) groups excluding carboxylic acids is 1. The van der Waals surface area contributed by atoms with E-state index in [1.165, 1.54) is 0 Å². The summed E-state index contributed by atoms with van der Waals surface area (Å²) in [6.07, 6.45) is 5.07. The molecule has 5 nitrogen and oxygen atoms in total. The zero-order valence-corrected chi connectivity index (χ0v) is 9.95. The number of amides is 1. The minimum atomic E-state index is -0.871. The molecule has 0 aromatic carbocycles. The minimum Gasteiger partial charge on any atom is -0.481 e. The summed E-state index contributed by atoms with van der Waals surface area (Å²) in [5, 5.41) is 20.7. The molecule has 0 aromatic heterocycles. The van der Waals surface area contributed by atoms with E-state index in [0.29, 0.717) is 11.8 Å². The molecule has 5 heteroatoms. The van der Waals surface area contributed by atoms with Gasteiger partial charge in [-0.25, -0.2) is 0 Å². The van der Waals surface area contributed by atoms with Crippen LogP contribution in [0.4, 0.5) is 0 Å². The van der Waals surface area contributed by atoms with E-state index < -0.39 is 17.8 Å². The Kier molecular flexibility index (Phi) is 2.66. The van der Waals surface area contributed by atoms with Gasteiger partial charge in [-0.15, -0.1) is 0 Å². The monoisotopic (exact) mass is 251 g/mol. The van der Waals surface area contributed by atoms with Crippen LogP contribution in [-0.4, -0.2) is 35.2 Å². The Hall–Kier alpha value is -1.36. The van der Waals surface area contributed by atoms with Crippen molar-refractivity contribution in [1.29, 1.82) is 0 Å². The first-order chi connectivity index (χ1) is 8.65. The van der Waals surface area contributed by atoms with Crippen molar-refractivity contribution in [3.63, 3.8) is 0 Å². The predicted molar refractivity (Wildman–Crippen MR) is 62.4 cm³/mol. The largest absolute Gasteiger partial charge is 0.481 e.